The lowest BCUT2D eigenvalue weighted by atomic mass is 9.80. The third-order valence-electron chi connectivity index (χ3n) is 4.61. The predicted octanol–water partition coefficient (Wildman–Crippen LogP) is 3.30. The Balaban J connectivity index is 1.63. The number of halogens is 1. The second-order valence-corrected chi connectivity index (χ2v) is 5.87. The molecule has 1 N–H and O–H groups in total. The van der Waals surface area contributed by atoms with Gasteiger partial charge in [-0.1, -0.05) is 12.8 Å². The van der Waals surface area contributed by atoms with E-state index in [-0.39, 0.29) is 11.9 Å². The van der Waals surface area contributed by atoms with Gasteiger partial charge in [-0.05, 0) is 50.4 Å². The molecular formula is C16H22FNO. The number of fused-ring (bicyclic) bond motifs is 1. The van der Waals surface area contributed by atoms with E-state index in [0.717, 1.165) is 24.2 Å². The third kappa shape index (κ3) is 2.76. The highest BCUT2D eigenvalue weighted by atomic mass is 19.1. The van der Waals surface area contributed by atoms with E-state index >= 15 is 0 Å². The van der Waals surface area contributed by atoms with Crippen molar-refractivity contribution < 1.29 is 9.13 Å². The molecule has 19 heavy (non-hydrogen) atoms. The normalized spacial score (nSPS) is 29.9. The monoisotopic (exact) mass is 263 g/mol. The van der Waals surface area contributed by atoms with Crippen LogP contribution >= 0.6 is 0 Å². The molecule has 1 aromatic rings. The van der Waals surface area contributed by atoms with Gasteiger partial charge in [0.2, 0.25) is 0 Å². The molecule has 0 bridgehead atoms. The van der Waals surface area contributed by atoms with E-state index in [9.17, 15) is 4.39 Å². The van der Waals surface area contributed by atoms with Gasteiger partial charge in [-0.25, -0.2) is 4.39 Å². The van der Waals surface area contributed by atoms with Crippen LogP contribution in [0.25, 0.3) is 0 Å². The molecule has 0 radical (unpaired) electrons. The Morgan fingerprint density at radius 1 is 1.32 bits per heavy atom. The molecule has 1 aliphatic carbocycles. The van der Waals surface area contributed by atoms with Gasteiger partial charge in [-0.15, -0.1) is 0 Å². The Hall–Kier alpha value is -1.09. The number of rotatable bonds is 3. The maximum atomic E-state index is 13.2. The summed E-state index contributed by atoms with van der Waals surface area (Å²) in [5.74, 6) is 1.42. The topological polar surface area (TPSA) is 21.3 Å². The second-order valence-electron chi connectivity index (χ2n) is 5.87. The average molecular weight is 263 g/mol. The lowest BCUT2D eigenvalue weighted by molar-refractivity contribution is 0.155. The highest BCUT2D eigenvalue weighted by molar-refractivity contribution is 5.37. The summed E-state index contributed by atoms with van der Waals surface area (Å²) in [6, 6.07) is 5.49. The molecule has 1 fully saturated rings. The summed E-state index contributed by atoms with van der Waals surface area (Å²) in [5, 5.41) is 3.44. The van der Waals surface area contributed by atoms with Gasteiger partial charge in [-0.2, -0.15) is 0 Å². The van der Waals surface area contributed by atoms with Crippen molar-refractivity contribution in [1.29, 1.82) is 0 Å². The summed E-state index contributed by atoms with van der Waals surface area (Å²) < 4.78 is 19.2. The zero-order chi connectivity index (χ0) is 13.2. The highest BCUT2D eigenvalue weighted by Gasteiger charge is 2.30. The summed E-state index contributed by atoms with van der Waals surface area (Å²) in [4.78, 5) is 0. The summed E-state index contributed by atoms with van der Waals surface area (Å²) in [5.41, 5.74) is 1.03. The van der Waals surface area contributed by atoms with Crippen molar-refractivity contribution in [3.63, 3.8) is 0 Å². The van der Waals surface area contributed by atoms with E-state index in [4.69, 9.17) is 4.74 Å². The molecule has 3 heteroatoms. The first-order valence-corrected chi connectivity index (χ1v) is 7.38. The molecule has 0 saturated heterocycles. The molecule has 1 saturated carbocycles. The van der Waals surface area contributed by atoms with Gasteiger partial charge < -0.3 is 10.1 Å². The molecular weight excluding hydrogens is 241 g/mol. The van der Waals surface area contributed by atoms with Crippen LogP contribution in [-0.4, -0.2) is 19.2 Å². The molecule has 2 nitrogen and oxygen atoms in total. The minimum absolute atomic E-state index is 0.159. The fourth-order valence-electron chi connectivity index (χ4n) is 3.63. The van der Waals surface area contributed by atoms with Crippen molar-refractivity contribution in [2.45, 2.75) is 50.7 Å². The largest absolute Gasteiger partial charge is 0.490 e. The quantitative estimate of drug-likeness (QED) is 0.903. The van der Waals surface area contributed by atoms with Crippen LogP contribution in [0.5, 0.6) is 5.75 Å². The lowest BCUT2D eigenvalue weighted by Crippen LogP contribution is -2.38. The third-order valence-corrected chi connectivity index (χ3v) is 4.61. The average Bonchev–Trinajstić information content (AvgIpc) is 2.80. The molecule has 0 aromatic heterocycles. The molecule has 3 rings (SSSR count). The number of benzene rings is 1. The van der Waals surface area contributed by atoms with Crippen LogP contribution in [-0.2, 0) is 6.42 Å². The van der Waals surface area contributed by atoms with Gasteiger partial charge in [-0.3, -0.25) is 0 Å². The standard InChI is InChI=1S/C16H22FNO/c1-18-15-5-3-2-4-11(15)9-14-10-12-8-13(17)6-7-16(12)19-14/h6-8,11,14-15,18H,2-5,9-10H2,1H3. The van der Waals surface area contributed by atoms with Gasteiger partial charge in [0.15, 0.2) is 0 Å². The maximum Gasteiger partial charge on any atom is 0.123 e. The van der Waals surface area contributed by atoms with Crippen LogP contribution in [0.15, 0.2) is 18.2 Å². The first-order valence-electron chi connectivity index (χ1n) is 7.38. The molecule has 3 atom stereocenters. The van der Waals surface area contributed by atoms with Crippen LogP contribution in [0.3, 0.4) is 0 Å². The molecule has 0 amide bonds. The summed E-state index contributed by atoms with van der Waals surface area (Å²) in [6.07, 6.45) is 7.40. The molecule has 0 spiro atoms. The van der Waals surface area contributed by atoms with Crippen molar-refractivity contribution in [3.05, 3.63) is 29.6 Å². The number of hydrogen-bond donors (Lipinski definition) is 1. The van der Waals surface area contributed by atoms with E-state index in [0.29, 0.717) is 12.0 Å². The van der Waals surface area contributed by atoms with Crippen molar-refractivity contribution in [2.24, 2.45) is 5.92 Å². The number of hydrogen-bond acceptors (Lipinski definition) is 2. The Labute approximate surface area is 114 Å². The summed E-state index contributed by atoms with van der Waals surface area (Å²) >= 11 is 0. The smallest absolute Gasteiger partial charge is 0.123 e. The number of nitrogens with one attached hydrogen (secondary N) is 1. The van der Waals surface area contributed by atoms with Crippen LogP contribution in [0.4, 0.5) is 4.39 Å². The molecule has 1 heterocycles. The molecule has 3 unspecified atom stereocenters. The Morgan fingerprint density at radius 2 is 2.16 bits per heavy atom. The molecule has 1 aromatic carbocycles. The van der Waals surface area contributed by atoms with Gasteiger partial charge in [0, 0.05) is 18.0 Å². The molecule has 104 valence electrons. The Morgan fingerprint density at radius 3 is 3.00 bits per heavy atom. The van der Waals surface area contributed by atoms with Gasteiger partial charge in [0.25, 0.3) is 0 Å². The van der Waals surface area contributed by atoms with Crippen LogP contribution < -0.4 is 10.1 Å². The maximum absolute atomic E-state index is 13.2. The van der Waals surface area contributed by atoms with Gasteiger partial charge in [0.05, 0.1) is 0 Å². The molecule has 2 aliphatic rings. The fraction of sp³-hybridized carbons (Fsp3) is 0.625. The Bertz CT molecular complexity index is 448. The zero-order valence-corrected chi connectivity index (χ0v) is 11.5. The van der Waals surface area contributed by atoms with Crippen LogP contribution in [0.2, 0.25) is 0 Å². The Kier molecular flexibility index (Phi) is 3.74. The zero-order valence-electron chi connectivity index (χ0n) is 11.5. The van der Waals surface area contributed by atoms with E-state index in [1.54, 1.807) is 12.1 Å². The van der Waals surface area contributed by atoms with E-state index in [1.807, 2.05) is 0 Å². The first-order chi connectivity index (χ1) is 9.26. The van der Waals surface area contributed by atoms with Crippen LogP contribution in [0.1, 0.15) is 37.7 Å². The first kappa shape index (κ1) is 12.9. The number of ether oxygens (including phenoxy) is 1. The van der Waals surface area contributed by atoms with Crippen molar-refractivity contribution >= 4 is 0 Å². The highest BCUT2D eigenvalue weighted by Crippen LogP contribution is 2.35. The predicted molar refractivity (Wildman–Crippen MR) is 73.9 cm³/mol. The van der Waals surface area contributed by atoms with E-state index in [2.05, 4.69) is 12.4 Å². The van der Waals surface area contributed by atoms with Gasteiger partial charge >= 0.3 is 0 Å². The van der Waals surface area contributed by atoms with E-state index < -0.39 is 0 Å². The lowest BCUT2D eigenvalue weighted by Gasteiger charge is -2.32. The van der Waals surface area contributed by atoms with Gasteiger partial charge in [0.1, 0.15) is 17.7 Å². The minimum atomic E-state index is -0.159. The van der Waals surface area contributed by atoms with Crippen LogP contribution in [0, 0.1) is 11.7 Å². The fourth-order valence-corrected chi connectivity index (χ4v) is 3.63. The second kappa shape index (κ2) is 5.49. The molecule has 1 aliphatic heterocycles. The van der Waals surface area contributed by atoms with Crippen molar-refractivity contribution in [2.75, 3.05) is 7.05 Å². The summed E-state index contributed by atoms with van der Waals surface area (Å²) in [7, 11) is 2.06. The van der Waals surface area contributed by atoms with Crippen molar-refractivity contribution in [1.82, 2.24) is 5.32 Å². The van der Waals surface area contributed by atoms with Crippen molar-refractivity contribution in [3.8, 4) is 5.75 Å². The SMILES string of the molecule is CNC1CCCCC1CC1Cc2cc(F)ccc2O1. The summed E-state index contributed by atoms with van der Waals surface area (Å²) in [6.45, 7) is 0. The minimum Gasteiger partial charge on any atom is -0.490 e. The van der Waals surface area contributed by atoms with E-state index in [1.165, 1.54) is 31.7 Å².